The summed E-state index contributed by atoms with van der Waals surface area (Å²) in [5.74, 6) is 0. The molecule has 0 saturated heterocycles. The number of nitrogens with zero attached hydrogens (tertiary/aromatic N) is 2. The molecule has 0 spiro atoms. The number of thiazole rings is 1. The van der Waals surface area contributed by atoms with E-state index in [4.69, 9.17) is 5.73 Å². The summed E-state index contributed by atoms with van der Waals surface area (Å²) in [4.78, 5) is 4.47. The Kier molecular flexibility index (Phi) is 1.72. The lowest BCUT2D eigenvalue weighted by molar-refractivity contribution is 1.09. The first-order chi connectivity index (χ1) is 7.34. The summed E-state index contributed by atoms with van der Waals surface area (Å²) in [5.41, 5.74) is 8.12. The second-order valence-corrected chi connectivity index (χ2v) is 4.21. The molecule has 0 bridgehead atoms. The third-order valence-corrected chi connectivity index (χ3v) is 3.21. The zero-order chi connectivity index (χ0) is 10.3. The smallest absolute Gasteiger partial charge is 0.147 e. The van der Waals surface area contributed by atoms with Crippen LogP contribution in [0.4, 0.5) is 5.69 Å². The van der Waals surface area contributed by atoms with Crippen molar-refractivity contribution in [1.29, 1.82) is 0 Å². The number of nitrogens with one attached hydrogen (secondary N) is 1. The predicted molar refractivity (Wildman–Crippen MR) is 61.6 cm³/mol. The van der Waals surface area contributed by atoms with E-state index in [0.29, 0.717) is 5.69 Å². The highest BCUT2D eigenvalue weighted by Gasteiger charge is 2.10. The van der Waals surface area contributed by atoms with Crippen molar-refractivity contribution in [2.24, 2.45) is 0 Å². The summed E-state index contributed by atoms with van der Waals surface area (Å²) in [7, 11) is 0. The van der Waals surface area contributed by atoms with E-state index in [1.54, 1.807) is 17.5 Å². The number of fused-ring (bicyclic) bond motifs is 1. The first-order valence-electron chi connectivity index (χ1n) is 4.50. The van der Waals surface area contributed by atoms with Crippen LogP contribution < -0.4 is 5.73 Å². The van der Waals surface area contributed by atoms with Gasteiger partial charge in [0.1, 0.15) is 10.7 Å². The molecule has 2 heterocycles. The third-order valence-electron chi connectivity index (χ3n) is 2.17. The van der Waals surface area contributed by atoms with Crippen LogP contribution in [0.15, 0.2) is 30.5 Å². The number of aromatic amines is 1. The first-order valence-corrected chi connectivity index (χ1v) is 5.31. The molecule has 0 amide bonds. The van der Waals surface area contributed by atoms with Crippen molar-refractivity contribution < 1.29 is 0 Å². The van der Waals surface area contributed by atoms with E-state index in [9.17, 15) is 0 Å². The Morgan fingerprint density at radius 1 is 1.27 bits per heavy atom. The van der Waals surface area contributed by atoms with Gasteiger partial charge in [-0.25, -0.2) is 4.98 Å². The number of hydrogen-bond acceptors (Lipinski definition) is 4. The zero-order valence-corrected chi connectivity index (χ0v) is 8.58. The summed E-state index contributed by atoms with van der Waals surface area (Å²) in [6.07, 6.45) is 1.67. The molecule has 15 heavy (non-hydrogen) atoms. The maximum Gasteiger partial charge on any atom is 0.147 e. The first kappa shape index (κ1) is 8.43. The van der Waals surface area contributed by atoms with Crippen LogP contribution in [0.1, 0.15) is 0 Å². The van der Waals surface area contributed by atoms with Crippen LogP contribution in [0.25, 0.3) is 20.9 Å². The van der Waals surface area contributed by atoms with Crippen LogP contribution in [0.2, 0.25) is 0 Å². The van der Waals surface area contributed by atoms with Gasteiger partial charge in [0.05, 0.1) is 15.9 Å². The van der Waals surface area contributed by atoms with Crippen molar-refractivity contribution in [2.75, 3.05) is 5.73 Å². The van der Waals surface area contributed by atoms with E-state index in [2.05, 4.69) is 15.2 Å². The number of aromatic nitrogens is 3. The number of benzene rings is 1. The molecule has 3 aromatic rings. The van der Waals surface area contributed by atoms with Crippen molar-refractivity contribution in [3.8, 4) is 10.7 Å². The molecule has 0 fully saturated rings. The summed E-state index contributed by atoms with van der Waals surface area (Å²) < 4.78 is 1.15. The van der Waals surface area contributed by atoms with Gasteiger partial charge >= 0.3 is 0 Å². The molecule has 0 aliphatic rings. The molecular formula is C10H8N4S. The van der Waals surface area contributed by atoms with E-state index < -0.39 is 0 Å². The Balaban J connectivity index is 2.24. The average molecular weight is 216 g/mol. The molecule has 0 atom stereocenters. The molecule has 4 nitrogen and oxygen atoms in total. The molecule has 3 N–H and O–H groups in total. The molecule has 5 heteroatoms. The van der Waals surface area contributed by atoms with Gasteiger partial charge in [-0.2, -0.15) is 5.10 Å². The molecule has 2 aromatic heterocycles. The minimum absolute atomic E-state index is 0.633. The van der Waals surface area contributed by atoms with Crippen LogP contribution in [0, 0.1) is 0 Å². The molecule has 0 saturated carbocycles. The Morgan fingerprint density at radius 2 is 2.13 bits per heavy atom. The van der Waals surface area contributed by atoms with Gasteiger partial charge in [0.15, 0.2) is 0 Å². The van der Waals surface area contributed by atoms with E-state index in [1.807, 2.05) is 24.3 Å². The van der Waals surface area contributed by atoms with Crippen molar-refractivity contribution in [2.45, 2.75) is 0 Å². The number of hydrogen-bond donors (Lipinski definition) is 2. The van der Waals surface area contributed by atoms with Crippen molar-refractivity contribution in [3.63, 3.8) is 0 Å². The topological polar surface area (TPSA) is 67.6 Å². The fourth-order valence-corrected chi connectivity index (χ4v) is 2.42. The molecule has 0 aliphatic carbocycles. The van der Waals surface area contributed by atoms with Crippen molar-refractivity contribution in [1.82, 2.24) is 15.2 Å². The molecular weight excluding hydrogens is 208 g/mol. The van der Waals surface area contributed by atoms with Crippen LogP contribution in [0.3, 0.4) is 0 Å². The maximum absolute atomic E-state index is 5.77. The molecule has 3 rings (SSSR count). The quantitative estimate of drug-likeness (QED) is 0.655. The summed E-state index contributed by atoms with van der Waals surface area (Å²) in [6.45, 7) is 0. The van der Waals surface area contributed by atoms with Gasteiger partial charge in [0, 0.05) is 6.20 Å². The van der Waals surface area contributed by atoms with Gasteiger partial charge in [-0.05, 0) is 12.1 Å². The summed E-state index contributed by atoms with van der Waals surface area (Å²) in [5, 5.41) is 7.67. The number of nitrogens with two attached hydrogens (primary N) is 1. The standard InChI is InChI=1S/C10H8N4S/c11-6-5-12-14-9(6)10-13-7-3-1-2-4-8(7)15-10/h1-5H,11H2,(H,12,14). The fraction of sp³-hybridized carbons (Fsp3) is 0. The normalized spacial score (nSPS) is 10.9. The second-order valence-electron chi connectivity index (χ2n) is 3.18. The van der Waals surface area contributed by atoms with E-state index in [-0.39, 0.29) is 0 Å². The lowest BCUT2D eigenvalue weighted by Gasteiger charge is -1.88. The van der Waals surface area contributed by atoms with Crippen LogP contribution in [-0.2, 0) is 0 Å². The minimum atomic E-state index is 0.633. The lowest BCUT2D eigenvalue weighted by atomic mass is 10.3. The molecule has 74 valence electrons. The third kappa shape index (κ3) is 1.28. The Labute approximate surface area is 89.8 Å². The number of rotatable bonds is 1. The Morgan fingerprint density at radius 3 is 2.87 bits per heavy atom. The van der Waals surface area contributed by atoms with Gasteiger partial charge in [-0.1, -0.05) is 12.1 Å². The van der Waals surface area contributed by atoms with E-state index >= 15 is 0 Å². The fourth-order valence-electron chi connectivity index (χ4n) is 1.44. The number of anilines is 1. The van der Waals surface area contributed by atoms with Gasteiger partial charge in [0.25, 0.3) is 0 Å². The van der Waals surface area contributed by atoms with Gasteiger partial charge in [0.2, 0.25) is 0 Å². The highest BCUT2D eigenvalue weighted by atomic mass is 32.1. The zero-order valence-electron chi connectivity index (χ0n) is 7.77. The maximum atomic E-state index is 5.77. The molecule has 0 unspecified atom stereocenters. The van der Waals surface area contributed by atoms with Crippen molar-refractivity contribution >= 4 is 27.2 Å². The van der Waals surface area contributed by atoms with E-state index in [0.717, 1.165) is 20.9 Å². The van der Waals surface area contributed by atoms with Gasteiger partial charge in [-0.15, -0.1) is 11.3 Å². The molecule has 0 aliphatic heterocycles. The monoisotopic (exact) mass is 216 g/mol. The SMILES string of the molecule is Nc1c[nH]nc1-c1nc2ccccc2s1. The minimum Gasteiger partial charge on any atom is -0.396 e. The number of nitrogen functional groups attached to an aromatic ring is 1. The summed E-state index contributed by atoms with van der Waals surface area (Å²) >= 11 is 1.60. The summed E-state index contributed by atoms with van der Waals surface area (Å²) in [6, 6.07) is 8.00. The van der Waals surface area contributed by atoms with Crippen LogP contribution >= 0.6 is 11.3 Å². The second kappa shape index (κ2) is 3.06. The Bertz CT molecular complexity index is 577. The largest absolute Gasteiger partial charge is 0.396 e. The van der Waals surface area contributed by atoms with E-state index in [1.165, 1.54) is 0 Å². The highest BCUT2D eigenvalue weighted by molar-refractivity contribution is 7.21. The average Bonchev–Trinajstić information content (AvgIpc) is 2.82. The molecule has 1 aromatic carbocycles. The highest BCUT2D eigenvalue weighted by Crippen LogP contribution is 2.31. The van der Waals surface area contributed by atoms with Gasteiger partial charge < -0.3 is 5.73 Å². The predicted octanol–water partition coefficient (Wildman–Crippen LogP) is 2.27. The van der Waals surface area contributed by atoms with Crippen LogP contribution in [0.5, 0.6) is 0 Å². The Hall–Kier alpha value is -1.88. The van der Waals surface area contributed by atoms with Gasteiger partial charge in [-0.3, -0.25) is 5.10 Å². The van der Waals surface area contributed by atoms with Crippen LogP contribution in [-0.4, -0.2) is 15.2 Å². The number of H-pyrrole nitrogens is 1. The van der Waals surface area contributed by atoms with Crippen molar-refractivity contribution in [3.05, 3.63) is 30.5 Å². The number of para-hydroxylation sites is 1. The molecule has 0 radical (unpaired) electrons. The lowest BCUT2D eigenvalue weighted by Crippen LogP contribution is -1.85.